The van der Waals surface area contributed by atoms with Gasteiger partial charge >= 0.3 is 0 Å². The summed E-state index contributed by atoms with van der Waals surface area (Å²) in [5, 5.41) is 3.05. The molecule has 0 saturated carbocycles. The van der Waals surface area contributed by atoms with E-state index in [-0.39, 0.29) is 23.3 Å². The van der Waals surface area contributed by atoms with Crippen molar-refractivity contribution in [2.45, 2.75) is 43.2 Å². The van der Waals surface area contributed by atoms with Crippen molar-refractivity contribution < 1.29 is 17.9 Å². The van der Waals surface area contributed by atoms with Gasteiger partial charge in [0.05, 0.1) is 12.0 Å². The lowest BCUT2D eigenvalue weighted by molar-refractivity contribution is -0.123. The van der Waals surface area contributed by atoms with E-state index in [0.29, 0.717) is 11.3 Å². The molecule has 1 heterocycles. The zero-order valence-corrected chi connectivity index (χ0v) is 19.1. The lowest BCUT2D eigenvalue weighted by Crippen LogP contribution is -2.52. The molecule has 0 aromatic heterocycles. The highest BCUT2D eigenvalue weighted by atomic mass is 32.2. The molecule has 3 rings (SSSR count). The number of carbonyl (C=O) groups is 1. The van der Waals surface area contributed by atoms with Crippen LogP contribution in [0, 0.1) is 6.92 Å². The molecule has 0 bridgehead atoms. The van der Waals surface area contributed by atoms with Crippen LogP contribution in [0.4, 0.5) is 0 Å². The Bertz CT molecular complexity index is 987. The predicted octanol–water partition coefficient (Wildman–Crippen LogP) is 2.10. The molecule has 2 aromatic rings. The molecule has 168 valence electrons. The number of ether oxygens (including phenoxy) is 1. The zero-order chi connectivity index (χ0) is 22.4. The molecule has 0 spiro atoms. The van der Waals surface area contributed by atoms with Crippen LogP contribution in [-0.4, -0.2) is 58.6 Å². The van der Waals surface area contributed by atoms with E-state index in [9.17, 15) is 13.2 Å². The van der Waals surface area contributed by atoms with Crippen LogP contribution in [0.5, 0.6) is 5.75 Å². The number of rotatable bonds is 8. The third-order valence-electron chi connectivity index (χ3n) is 5.64. The van der Waals surface area contributed by atoms with Gasteiger partial charge in [-0.15, -0.1) is 0 Å². The highest BCUT2D eigenvalue weighted by Crippen LogP contribution is 2.22. The van der Waals surface area contributed by atoms with Crippen molar-refractivity contribution >= 4 is 15.9 Å². The second-order valence-electron chi connectivity index (χ2n) is 8.08. The second kappa shape index (κ2) is 10.3. The molecule has 8 heteroatoms. The Morgan fingerprint density at radius 2 is 1.84 bits per heavy atom. The Morgan fingerprint density at radius 3 is 2.45 bits per heavy atom. The van der Waals surface area contributed by atoms with Crippen molar-refractivity contribution in [3.05, 3.63) is 59.7 Å². The van der Waals surface area contributed by atoms with Gasteiger partial charge in [-0.25, -0.2) is 8.42 Å². The maximum absolute atomic E-state index is 13.1. The Morgan fingerprint density at radius 1 is 1.16 bits per heavy atom. The number of piperidine rings is 1. The number of sulfonamides is 1. The molecule has 2 N–H and O–H groups in total. The fraction of sp³-hybridized carbons (Fsp3) is 0.435. The maximum Gasteiger partial charge on any atom is 0.241 e. The van der Waals surface area contributed by atoms with Gasteiger partial charge in [-0.05, 0) is 75.6 Å². The van der Waals surface area contributed by atoms with Gasteiger partial charge in [0.15, 0.2) is 0 Å². The standard InChI is InChI=1S/C23H31N3O4S/c1-17-15-20(9-10-22(17)30-3)31(28,29)25-21(16-18-7-5-4-6-8-18)23(27)24-19-11-13-26(2)14-12-19/h4-10,15,19,21,25H,11-14,16H2,1-3H3,(H,24,27)/t21-/m1/s1. The van der Waals surface area contributed by atoms with Crippen LogP contribution in [0.15, 0.2) is 53.4 Å². The average molecular weight is 446 g/mol. The molecule has 2 aromatic carbocycles. The van der Waals surface area contributed by atoms with Crippen molar-refractivity contribution in [3.63, 3.8) is 0 Å². The van der Waals surface area contributed by atoms with Gasteiger partial charge in [0.1, 0.15) is 11.8 Å². The lowest BCUT2D eigenvalue weighted by atomic mass is 10.0. The van der Waals surface area contributed by atoms with Gasteiger partial charge in [0.2, 0.25) is 15.9 Å². The molecule has 7 nitrogen and oxygen atoms in total. The van der Waals surface area contributed by atoms with Gasteiger partial charge in [-0.1, -0.05) is 30.3 Å². The number of amides is 1. The molecular formula is C23H31N3O4S. The Labute approximate surface area is 184 Å². The van der Waals surface area contributed by atoms with Crippen LogP contribution in [0.1, 0.15) is 24.0 Å². The zero-order valence-electron chi connectivity index (χ0n) is 18.3. The summed E-state index contributed by atoms with van der Waals surface area (Å²) in [6.07, 6.45) is 1.98. The van der Waals surface area contributed by atoms with E-state index in [1.165, 1.54) is 13.2 Å². The first kappa shape index (κ1) is 23.2. The van der Waals surface area contributed by atoms with Gasteiger partial charge in [-0.3, -0.25) is 4.79 Å². The Hall–Kier alpha value is -2.42. The summed E-state index contributed by atoms with van der Waals surface area (Å²) < 4.78 is 34.0. The highest BCUT2D eigenvalue weighted by molar-refractivity contribution is 7.89. The van der Waals surface area contributed by atoms with Crippen molar-refractivity contribution in [1.82, 2.24) is 14.9 Å². The number of benzene rings is 2. The number of carbonyl (C=O) groups excluding carboxylic acids is 1. The predicted molar refractivity (Wildman–Crippen MR) is 121 cm³/mol. The van der Waals surface area contributed by atoms with Crippen molar-refractivity contribution in [3.8, 4) is 5.75 Å². The molecule has 1 aliphatic heterocycles. The van der Waals surface area contributed by atoms with Crippen molar-refractivity contribution in [1.29, 1.82) is 0 Å². The minimum atomic E-state index is -3.90. The molecule has 1 amide bonds. The molecule has 0 aliphatic carbocycles. The molecular weight excluding hydrogens is 414 g/mol. The number of hydrogen-bond acceptors (Lipinski definition) is 5. The summed E-state index contributed by atoms with van der Waals surface area (Å²) in [5.74, 6) is 0.312. The average Bonchev–Trinajstić information content (AvgIpc) is 2.75. The Kier molecular flexibility index (Phi) is 7.69. The SMILES string of the molecule is COc1ccc(S(=O)(=O)N[C@H](Cc2ccccc2)C(=O)NC2CCN(C)CC2)cc1C. The Balaban J connectivity index is 1.79. The summed E-state index contributed by atoms with van der Waals surface area (Å²) in [6, 6.07) is 13.2. The summed E-state index contributed by atoms with van der Waals surface area (Å²) in [7, 11) is -0.300. The summed E-state index contributed by atoms with van der Waals surface area (Å²) in [6.45, 7) is 3.60. The van der Waals surface area contributed by atoms with Crippen LogP contribution < -0.4 is 14.8 Å². The fourth-order valence-electron chi connectivity index (χ4n) is 3.77. The number of hydrogen-bond donors (Lipinski definition) is 2. The fourth-order valence-corrected chi connectivity index (χ4v) is 5.05. The number of methoxy groups -OCH3 is 1. The second-order valence-corrected chi connectivity index (χ2v) is 9.80. The highest BCUT2D eigenvalue weighted by Gasteiger charge is 2.28. The number of likely N-dealkylation sites (tertiary alicyclic amines) is 1. The molecule has 1 saturated heterocycles. The van der Waals surface area contributed by atoms with Crippen LogP contribution in [0.3, 0.4) is 0 Å². The summed E-state index contributed by atoms with van der Waals surface area (Å²) in [4.78, 5) is 15.4. The molecule has 1 fully saturated rings. The maximum atomic E-state index is 13.1. The van der Waals surface area contributed by atoms with E-state index < -0.39 is 16.1 Å². The van der Waals surface area contributed by atoms with E-state index >= 15 is 0 Å². The van der Waals surface area contributed by atoms with Gasteiger partial charge in [0.25, 0.3) is 0 Å². The van der Waals surface area contributed by atoms with Crippen LogP contribution >= 0.6 is 0 Å². The first-order valence-corrected chi connectivity index (χ1v) is 12.0. The van der Waals surface area contributed by atoms with Gasteiger partial charge in [0, 0.05) is 6.04 Å². The number of aryl methyl sites for hydroxylation is 1. The van der Waals surface area contributed by atoms with E-state index in [1.54, 1.807) is 19.1 Å². The minimum absolute atomic E-state index is 0.0507. The van der Waals surface area contributed by atoms with Crippen molar-refractivity contribution in [2.24, 2.45) is 0 Å². The molecule has 1 atom stereocenters. The first-order chi connectivity index (χ1) is 14.8. The summed E-state index contributed by atoms with van der Waals surface area (Å²) >= 11 is 0. The van der Waals surface area contributed by atoms with E-state index in [1.807, 2.05) is 30.3 Å². The quantitative estimate of drug-likeness (QED) is 0.650. The van der Waals surface area contributed by atoms with Crippen LogP contribution in [-0.2, 0) is 21.2 Å². The normalized spacial score (nSPS) is 16.6. The largest absolute Gasteiger partial charge is 0.496 e. The topological polar surface area (TPSA) is 87.7 Å². The summed E-state index contributed by atoms with van der Waals surface area (Å²) in [5.41, 5.74) is 1.60. The molecule has 31 heavy (non-hydrogen) atoms. The molecule has 0 unspecified atom stereocenters. The minimum Gasteiger partial charge on any atom is -0.496 e. The number of nitrogens with one attached hydrogen (secondary N) is 2. The van der Waals surface area contributed by atoms with Gasteiger partial charge in [-0.2, -0.15) is 4.72 Å². The van der Waals surface area contributed by atoms with Crippen LogP contribution in [0.25, 0.3) is 0 Å². The smallest absolute Gasteiger partial charge is 0.241 e. The van der Waals surface area contributed by atoms with Gasteiger partial charge < -0.3 is 15.0 Å². The lowest BCUT2D eigenvalue weighted by Gasteiger charge is -2.30. The third-order valence-corrected chi connectivity index (χ3v) is 7.11. The van der Waals surface area contributed by atoms with E-state index in [2.05, 4.69) is 22.0 Å². The number of nitrogens with zero attached hydrogens (tertiary/aromatic N) is 1. The van der Waals surface area contributed by atoms with E-state index in [0.717, 1.165) is 31.5 Å². The molecule has 1 aliphatic rings. The van der Waals surface area contributed by atoms with Crippen LogP contribution in [0.2, 0.25) is 0 Å². The first-order valence-electron chi connectivity index (χ1n) is 10.5. The van der Waals surface area contributed by atoms with E-state index in [4.69, 9.17) is 4.74 Å². The van der Waals surface area contributed by atoms with Crippen molar-refractivity contribution in [2.75, 3.05) is 27.2 Å². The third kappa shape index (κ3) is 6.29. The monoisotopic (exact) mass is 445 g/mol. The molecule has 0 radical (unpaired) electrons.